The Morgan fingerprint density at radius 1 is 1.27 bits per heavy atom. The van der Waals surface area contributed by atoms with Crippen LogP contribution in [0.15, 0.2) is 12.3 Å². The number of hydrogen-bond acceptors (Lipinski definition) is 5. The maximum atomic E-state index is 13.1. The number of carbonyl (C=O) groups excluding carboxylic acids is 3. The molecule has 9 heteroatoms. The summed E-state index contributed by atoms with van der Waals surface area (Å²) in [6.07, 6.45) is 4.73. The third kappa shape index (κ3) is 3.40. The van der Waals surface area contributed by atoms with Crippen molar-refractivity contribution >= 4 is 34.1 Å². The molecule has 0 unspecified atom stereocenters. The van der Waals surface area contributed by atoms with Gasteiger partial charge < -0.3 is 14.7 Å². The monoisotopic (exact) mass is 427 g/mol. The van der Waals surface area contributed by atoms with E-state index in [9.17, 15) is 14.4 Å². The summed E-state index contributed by atoms with van der Waals surface area (Å²) in [6, 6.07) is 1.88. The summed E-state index contributed by atoms with van der Waals surface area (Å²) in [5.74, 6) is 0.453. The molecule has 0 atom stereocenters. The number of hydrogen-bond donors (Lipinski definition) is 0. The molecule has 2 aromatic rings. The van der Waals surface area contributed by atoms with Crippen LogP contribution < -0.4 is 4.90 Å². The van der Waals surface area contributed by atoms with Gasteiger partial charge in [-0.2, -0.15) is 5.10 Å². The highest BCUT2D eigenvalue weighted by molar-refractivity contribution is 7.17. The quantitative estimate of drug-likeness (QED) is 0.744. The highest BCUT2D eigenvalue weighted by Gasteiger charge is 2.39. The predicted molar refractivity (Wildman–Crippen MR) is 112 cm³/mol. The first-order valence-electron chi connectivity index (χ1n) is 10.4. The van der Waals surface area contributed by atoms with Crippen LogP contribution >= 0.6 is 11.3 Å². The standard InChI is InChI=1S/C21H25N5O3S/c1-13-5-8-25(22-13)12-17(27)24-7-6-15-16(10-24)30-21-19(15)20(29)23(2)11-18(28)26(21)9-14-3-4-14/h5,8,14H,3-4,6-7,9-12H2,1-2H3. The maximum absolute atomic E-state index is 13.1. The molecule has 0 N–H and O–H groups in total. The van der Waals surface area contributed by atoms with Gasteiger partial charge in [0.2, 0.25) is 11.8 Å². The SMILES string of the molecule is Cc1ccn(CC(=O)N2CCc3c(sc4c3C(=O)N(C)CC(=O)N4CC3CC3)C2)n1. The molecule has 1 aliphatic carbocycles. The lowest BCUT2D eigenvalue weighted by molar-refractivity contribution is -0.132. The fourth-order valence-electron chi connectivity index (χ4n) is 4.21. The summed E-state index contributed by atoms with van der Waals surface area (Å²) in [7, 11) is 1.69. The van der Waals surface area contributed by atoms with Crippen molar-refractivity contribution in [1.82, 2.24) is 19.6 Å². The molecule has 3 aliphatic rings. The number of likely N-dealkylation sites (N-methyl/N-ethyl adjacent to an activating group) is 1. The Bertz CT molecular complexity index is 1040. The molecule has 8 nitrogen and oxygen atoms in total. The summed E-state index contributed by atoms with van der Waals surface area (Å²) in [4.78, 5) is 44.9. The highest BCUT2D eigenvalue weighted by Crippen LogP contribution is 2.43. The number of thiophene rings is 1. The summed E-state index contributed by atoms with van der Waals surface area (Å²) in [5, 5.41) is 5.08. The van der Waals surface area contributed by atoms with Gasteiger partial charge in [0, 0.05) is 31.2 Å². The minimum absolute atomic E-state index is 0.0155. The van der Waals surface area contributed by atoms with E-state index in [0.717, 1.165) is 34.0 Å². The van der Waals surface area contributed by atoms with E-state index < -0.39 is 0 Å². The molecule has 158 valence electrons. The van der Waals surface area contributed by atoms with Crippen LogP contribution in [0.3, 0.4) is 0 Å². The van der Waals surface area contributed by atoms with Gasteiger partial charge in [-0.15, -0.1) is 11.3 Å². The van der Waals surface area contributed by atoms with Crippen molar-refractivity contribution in [2.24, 2.45) is 5.92 Å². The Morgan fingerprint density at radius 2 is 2.07 bits per heavy atom. The Morgan fingerprint density at radius 3 is 2.77 bits per heavy atom. The zero-order chi connectivity index (χ0) is 21.0. The molecule has 30 heavy (non-hydrogen) atoms. The van der Waals surface area contributed by atoms with Gasteiger partial charge in [0.1, 0.15) is 18.1 Å². The Labute approximate surface area is 179 Å². The van der Waals surface area contributed by atoms with E-state index in [1.807, 2.05) is 29.0 Å². The Kier molecular flexibility index (Phi) is 4.65. The summed E-state index contributed by atoms with van der Waals surface area (Å²) in [5.41, 5.74) is 2.58. The van der Waals surface area contributed by atoms with Crippen molar-refractivity contribution in [2.45, 2.75) is 39.3 Å². The van der Waals surface area contributed by atoms with Crippen LogP contribution in [0.5, 0.6) is 0 Å². The van der Waals surface area contributed by atoms with Crippen molar-refractivity contribution in [3.8, 4) is 0 Å². The van der Waals surface area contributed by atoms with Gasteiger partial charge in [-0.3, -0.25) is 19.1 Å². The lowest BCUT2D eigenvalue weighted by atomic mass is 10.0. The zero-order valence-corrected chi connectivity index (χ0v) is 18.1. The van der Waals surface area contributed by atoms with E-state index in [-0.39, 0.29) is 30.8 Å². The minimum atomic E-state index is -0.0825. The van der Waals surface area contributed by atoms with Crippen molar-refractivity contribution < 1.29 is 14.4 Å². The number of aromatic nitrogens is 2. The fraction of sp³-hybridized carbons (Fsp3) is 0.524. The van der Waals surface area contributed by atoms with Crippen molar-refractivity contribution in [3.63, 3.8) is 0 Å². The van der Waals surface area contributed by atoms with Gasteiger partial charge in [-0.05, 0) is 43.7 Å². The lowest BCUT2D eigenvalue weighted by Crippen LogP contribution is -2.39. The van der Waals surface area contributed by atoms with E-state index in [1.54, 1.807) is 11.7 Å². The number of anilines is 1. The predicted octanol–water partition coefficient (Wildman–Crippen LogP) is 1.67. The molecule has 0 radical (unpaired) electrons. The largest absolute Gasteiger partial charge is 0.336 e. The van der Waals surface area contributed by atoms with Gasteiger partial charge in [0.05, 0.1) is 17.8 Å². The molecule has 0 spiro atoms. The topological polar surface area (TPSA) is 78.8 Å². The van der Waals surface area contributed by atoms with Crippen molar-refractivity contribution in [3.05, 3.63) is 34.0 Å². The molecule has 2 aliphatic heterocycles. The minimum Gasteiger partial charge on any atom is -0.336 e. The second-order valence-corrected chi connectivity index (χ2v) is 9.60. The first kappa shape index (κ1) is 19.3. The molecule has 3 amide bonds. The summed E-state index contributed by atoms with van der Waals surface area (Å²) >= 11 is 1.51. The molecule has 0 aromatic carbocycles. The molecule has 5 rings (SSSR count). The Balaban J connectivity index is 1.43. The van der Waals surface area contributed by atoms with Crippen molar-refractivity contribution in [1.29, 1.82) is 0 Å². The first-order chi connectivity index (χ1) is 14.4. The molecule has 1 saturated carbocycles. The highest BCUT2D eigenvalue weighted by atomic mass is 32.1. The molecule has 4 heterocycles. The van der Waals surface area contributed by atoms with E-state index >= 15 is 0 Å². The number of nitrogens with zero attached hydrogens (tertiary/aromatic N) is 5. The third-order valence-corrected chi connectivity index (χ3v) is 7.32. The van der Waals surface area contributed by atoms with E-state index in [4.69, 9.17) is 0 Å². The summed E-state index contributed by atoms with van der Waals surface area (Å²) < 4.78 is 1.66. The fourth-order valence-corrected chi connectivity index (χ4v) is 5.59. The number of fused-ring (bicyclic) bond motifs is 3. The van der Waals surface area contributed by atoms with Gasteiger partial charge >= 0.3 is 0 Å². The van der Waals surface area contributed by atoms with Crippen LogP contribution in [0.25, 0.3) is 0 Å². The Hall–Kier alpha value is -2.68. The molecular weight excluding hydrogens is 402 g/mol. The number of rotatable bonds is 4. The molecule has 2 aromatic heterocycles. The molecule has 0 bridgehead atoms. The maximum Gasteiger partial charge on any atom is 0.257 e. The number of aryl methyl sites for hydroxylation is 1. The van der Waals surface area contributed by atoms with E-state index in [0.29, 0.717) is 37.5 Å². The van der Waals surface area contributed by atoms with Crippen LogP contribution in [0.1, 0.15) is 39.3 Å². The second kappa shape index (κ2) is 7.23. The van der Waals surface area contributed by atoms with Crippen LogP contribution in [0, 0.1) is 12.8 Å². The third-order valence-electron chi connectivity index (χ3n) is 6.08. The summed E-state index contributed by atoms with van der Waals surface area (Å²) in [6.45, 7) is 3.97. The number of amides is 3. The molecule has 0 saturated heterocycles. The smallest absolute Gasteiger partial charge is 0.257 e. The van der Waals surface area contributed by atoms with Crippen molar-refractivity contribution in [2.75, 3.05) is 31.6 Å². The van der Waals surface area contributed by atoms with Gasteiger partial charge in [0.15, 0.2) is 0 Å². The average molecular weight is 428 g/mol. The average Bonchev–Trinajstić information content (AvgIpc) is 3.35. The van der Waals surface area contributed by atoms with Crippen LogP contribution in [0.2, 0.25) is 0 Å². The van der Waals surface area contributed by atoms with Gasteiger partial charge in [-0.25, -0.2) is 0 Å². The van der Waals surface area contributed by atoms with E-state index in [2.05, 4.69) is 5.10 Å². The molecular formula is C21H25N5O3S. The van der Waals surface area contributed by atoms with Crippen LogP contribution in [0.4, 0.5) is 5.00 Å². The van der Waals surface area contributed by atoms with Crippen LogP contribution in [-0.4, -0.2) is 64.0 Å². The first-order valence-corrected chi connectivity index (χ1v) is 11.2. The normalized spacial score (nSPS) is 19.1. The second-order valence-electron chi connectivity index (χ2n) is 8.51. The van der Waals surface area contributed by atoms with Crippen LogP contribution in [-0.2, 0) is 29.1 Å². The lowest BCUT2D eigenvalue weighted by Gasteiger charge is -2.27. The van der Waals surface area contributed by atoms with E-state index in [1.165, 1.54) is 16.2 Å². The van der Waals surface area contributed by atoms with Gasteiger partial charge in [0.25, 0.3) is 5.91 Å². The molecule has 1 fully saturated rings. The number of carbonyl (C=O) groups is 3. The van der Waals surface area contributed by atoms with Gasteiger partial charge in [-0.1, -0.05) is 0 Å². The zero-order valence-electron chi connectivity index (χ0n) is 17.3.